The second-order valence-electron chi connectivity index (χ2n) is 7.42. The molecule has 0 saturated carbocycles. The fraction of sp³-hybridized carbons (Fsp3) is 0.864. The van der Waals surface area contributed by atoms with Crippen molar-refractivity contribution >= 4 is 5.91 Å². The normalized spacial score (nSPS) is 14.8. The molecule has 24 heavy (non-hydrogen) atoms. The maximum absolute atomic E-state index is 11.9. The van der Waals surface area contributed by atoms with Gasteiger partial charge in [0.15, 0.2) is 0 Å². The number of hydrogen-bond donors (Lipinski definition) is 0. The number of carbonyl (C=O) groups is 1. The molecule has 1 saturated heterocycles. The summed E-state index contributed by atoms with van der Waals surface area (Å²) in [5.74, 6) is 0.391. The van der Waals surface area contributed by atoms with Gasteiger partial charge in [0.05, 0.1) is 0 Å². The number of unbranched alkanes of at least 4 members (excludes halogenated alkanes) is 11. The standard InChI is InChI=1S/C22H41NO/c1-2-3-4-5-6-7-8-9-10-11-12-13-14-15-16-19-22(24)23-20-17-18-21-23/h10-11H,2-9,12-21H2,1H3. The Labute approximate surface area is 151 Å². The van der Waals surface area contributed by atoms with Crippen LogP contribution >= 0.6 is 0 Å². The molecule has 1 aliphatic rings. The van der Waals surface area contributed by atoms with Crippen LogP contribution in [0.5, 0.6) is 0 Å². The van der Waals surface area contributed by atoms with Crippen molar-refractivity contribution in [3.8, 4) is 0 Å². The SMILES string of the molecule is CCCCCCCCCC=CCCCCCCC(=O)N1CCCC1. The van der Waals surface area contributed by atoms with Gasteiger partial charge >= 0.3 is 0 Å². The predicted octanol–water partition coefficient (Wildman–Crippen LogP) is 6.65. The molecule has 0 aromatic carbocycles. The zero-order chi connectivity index (χ0) is 17.3. The van der Waals surface area contributed by atoms with Crippen molar-refractivity contribution in [1.82, 2.24) is 4.90 Å². The van der Waals surface area contributed by atoms with Crippen molar-refractivity contribution in [3.05, 3.63) is 12.2 Å². The van der Waals surface area contributed by atoms with Crippen molar-refractivity contribution in [1.29, 1.82) is 0 Å². The van der Waals surface area contributed by atoms with Gasteiger partial charge in [0.25, 0.3) is 0 Å². The van der Waals surface area contributed by atoms with Crippen molar-refractivity contribution in [2.75, 3.05) is 13.1 Å². The summed E-state index contributed by atoms with van der Waals surface area (Å²) in [6.07, 6.45) is 25.1. The Hall–Kier alpha value is -0.790. The summed E-state index contributed by atoms with van der Waals surface area (Å²) in [4.78, 5) is 13.9. The van der Waals surface area contributed by atoms with Crippen LogP contribution in [0.2, 0.25) is 0 Å². The third-order valence-electron chi connectivity index (χ3n) is 5.11. The van der Waals surface area contributed by atoms with E-state index in [0.29, 0.717) is 5.91 Å². The Balaban J connectivity index is 1.77. The third kappa shape index (κ3) is 11.7. The van der Waals surface area contributed by atoms with Crippen LogP contribution < -0.4 is 0 Å². The molecule has 0 bridgehead atoms. The lowest BCUT2D eigenvalue weighted by Crippen LogP contribution is -2.27. The smallest absolute Gasteiger partial charge is 0.222 e. The third-order valence-corrected chi connectivity index (χ3v) is 5.11. The molecule has 140 valence electrons. The largest absolute Gasteiger partial charge is 0.343 e. The molecule has 1 heterocycles. The average Bonchev–Trinajstić information content (AvgIpc) is 3.13. The molecule has 1 aliphatic heterocycles. The molecule has 0 aromatic rings. The minimum atomic E-state index is 0.391. The van der Waals surface area contributed by atoms with Crippen LogP contribution in [0.4, 0.5) is 0 Å². The number of allylic oxidation sites excluding steroid dienone is 2. The van der Waals surface area contributed by atoms with Gasteiger partial charge in [-0.15, -0.1) is 0 Å². The minimum absolute atomic E-state index is 0.391. The number of likely N-dealkylation sites (tertiary alicyclic amines) is 1. The van der Waals surface area contributed by atoms with E-state index in [0.717, 1.165) is 25.9 Å². The van der Waals surface area contributed by atoms with Gasteiger partial charge in [-0.05, 0) is 44.9 Å². The van der Waals surface area contributed by atoms with E-state index in [9.17, 15) is 4.79 Å². The van der Waals surface area contributed by atoms with E-state index in [-0.39, 0.29) is 0 Å². The molecule has 1 fully saturated rings. The Bertz CT molecular complexity index is 318. The van der Waals surface area contributed by atoms with Gasteiger partial charge in [0, 0.05) is 19.5 Å². The first kappa shape index (κ1) is 21.3. The molecular weight excluding hydrogens is 294 g/mol. The summed E-state index contributed by atoms with van der Waals surface area (Å²) in [5.41, 5.74) is 0. The van der Waals surface area contributed by atoms with Gasteiger partial charge < -0.3 is 4.90 Å². The number of nitrogens with zero attached hydrogens (tertiary/aromatic N) is 1. The van der Waals surface area contributed by atoms with E-state index in [1.807, 2.05) is 4.90 Å². The Morgan fingerprint density at radius 3 is 1.83 bits per heavy atom. The summed E-state index contributed by atoms with van der Waals surface area (Å²) < 4.78 is 0. The van der Waals surface area contributed by atoms with Crippen LogP contribution in [0.3, 0.4) is 0 Å². The topological polar surface area (TPSA) is 20.3 Å². The first-order valence-electron chi connectivity index (χ1n) is 10.8. The van der Waals surface area contributed by atoms with Crippen LogP contribution in [0.25, 0.3) is 0 Å². The highest BCUT2D eigenvalue weighted by molar-refractivity contribution is 5.76. The molecule has 2 heteroatoms. The van der Waals surface area contributed by atoms with Crippen LogP contribution in [-0.2, 0) is 4.79 Å². The lowest BCUT2D eigenvalue weighted by molar-refractivity contribution is -0.130. The van der Waals surface area contributed by atoms with Crippen molar-refractivity contribution in [2.45, 2.75) is 110 Å². The average molecular weight is 336 g/mol. The molecule has 0 aliphatic carbocycles. The fourth-order valence-corrected chi connectivity index (χ4v) is 3.47. The zero-order valence-corrected chi connectivity index (χ0v) is 16.2. The van der Waals surface area contributed by atoms with Gasteiger partial charge in [0.1, 0.15) is 0 Å². The maximum Gasteiger partial charge on any atom is 0.222 e. The van der Waals surface area contributed by atoms with Crippen molar-refractivity contribution in [3.63, 3.8) is 0 Å². The Kier molecular flexibility index (Phi) is 13.9. The van der Waals surface area contributed by atoms with Gasteiger partial charge in [-0.3, -0.25) is 4.79 Å². The lowest BCUT2D eigenvalue weighted by atomic mass is 10.1. The summed E-state index contributed by atoms with van der Waals surface area (Å²) >= 11 is 0. The molecular formula is C22H41NO. The lowest BCUT2D eigenvalue weighted by Gasteiger charge is -2.14. The predicted molar refractivity (Wildman–Crippen MR) is 105 cm³/mol. The van der Waals surface area contributed by atoms with E-state index in [1.165, 1.54) is 89.9 Å². The van der Waals surface area contributed by atoms with Crippen LogP contribution in [0.15, 0.2) is 12.2 Å². The summed E-state index contributed by atoms with van der Waals surface area (Å²) in [6.45, 7) is 4.28. The summed E-state index contributed by atoms with van der Waals surface area (Å²) in [7, 11) is 0. The van der Waals surface area contributed by atoms with Crippen LogP contribution in [0.1, 0.15) is 110 Å². The van der Waals surface area contributed by atoms with Gasteiger partial charge in [0.2, 0.25) is 5.91 Å². The number of amides is 1. The highest BCUT2D eigenvalue weighted by atomic mass is 16.2. The van der Waals surface area contributed by atoms with Crippen LogP contribution in [-0.4, -0.2) is 23.9 Å². The Morgan fingerprint density at radius 1 is 0.750 bits per heavy atom. The number of rotatable bonds is 15. The molecule has 0 aromatic heterocycles. The van der Waals surface area contributed by atoms with E-state index in [1.54, 1.807) is 0 Å². The first-order chi connectivity index (χ1) is 11.8. The zero-order valence-electron chi connectivity index (χ0n) is 16.2. The molecule has 2 nitrogen and oxygen atoms in total. The molecule has 0 spiro atoms. The van der Waals surface area contributed by atoms with Gasteiger partial charge in [-0.1, -0.05) is 70.4 Å². The first-order valence-corrected chi connectivity index (χ1v) is 10.8. The molecule has 0 atom stereocenters. The second kappa shape index (κ2) is 15.7. The van der Waals surface area contributed by atoms with Crippen molar-refractivity contribution < 1.29 is 4.79 Å². The highest BCUT2D eigenvalue weighted by Gasteiger charge is 2.16. The van der Waals surface area contributed by atoms with Gasteiger partial charge in [-0.2, -0.15) is 0 Å². The molecule has 1 amide bonds. The number of hydrogen-bond acceptors (Lipinski definition) is 1. The van der Waals surface area contributed by atoms with Gasteiger partial charge in [-0.25, -0.2) is 0 Å². The van der Waals surface area contributed by atoms with E-state index >= 15 is 0 Å². The van der Waals surface area contributed by atoms with E-state index in [4.69, 9.17) is 0 Å². The molecule has 0 radical (unpaired) electrons. The van der Waals surface area contributed by atoms with Crippen molar-refractivity contribution in [2.24, 2.45) is 0 Å². The highest BCUT2D eigenvalue weighted by Crippen LogP contribution is 2.13. The minimum Gasteiger partial charge on any atom is -0.343 e. The number of carbonyl (C=O) groups excluding carboxylic acids is 1. The second-order valence-corrected chi connectivity index (χ2v) is 7.42. The monoisotopic (exact) mass is 335 g/mol. The maximum atomic E-state index is 11.9. The summed E-state index contributed by atoms with van der Waals surface area (Å²) in [6, 6.07) is 0. The quantitative estimate of drug-likeness (QED) is 0.242. The van der Waals surface area contributed by atoms with Crippen LogP contribution in [0, 0.1) is 0 Å². The molecule has 0 N–H and O–H groups in total. The Morgan fingerprint density at radius 2 is 1.25 bits per heavy atom. The van der Waals surface area contributed by atoms with E-state index < -0.39 is 0 Å². The molecule has 1 rings (SSSR count). The fourth-order valence-electron chi connectivity index (χ4n) is 3.47. The molecule has 0 unspecified atom stereocenters. The van der Waals surface area contributed by atoms with E-state index in [2.05, 4.69) is 19.1 Å². The summed E-state index contributed by atoms with van der Waals surface area (Å²) in [5, 5.41) is 0.